The number of aryl methyl sites for hydroxylation is 1. The first kappa shape index (κ1) is 15.8. The van der Waals surface area contributed by atoms with Gasteiger partial charge in [-0.15, -0.1) is 0 Å². The van der Waals surface area contributed by atoms with Crippen molar-refractivity contribution in [3.63, 3.8) is 0 Å². The lowest BCUT2D eigenvalue weighted by Crippen LogP contribution is -3.00. The van der Waals surface area contributed by atoms with Gasteiger partial charge in [-0.3, -0.25) is 4.79 Å². The first-order chi connectivity index (χ1) is 8.70. The molecule has 0 unspecified atom stereocenters. The van der Waals surface area contributed by atoms with Crippen LogP contribution in [0.2, 0.25) is 0 Å². The van der Waals surface area contributed by atoms with Crippen LogP contribution < -0.4 is 21.7 Å². The maximum absolute atomic E-state index is 12.0. The van der Waals surface area contributed by atoms with Gasteiger partial charge in [0.25, 0.3) is 0 Å². The molecule has 0 N–H and O–H groups in total. The molecule has 0 aliphatic carbocycles. The van der Waals surface area contributed by atoms with E-state index in [4.69, 9.17) is 4.74 Å². The summed E-state index contributed by atoms with van der Waals surface area (Å²) in [5, 5.41) is 0.839. The summed E-state index contributed by atoms with van der Waals surface area (Å²) >= 11 is 1.43. The summed E-state index contributed by atoms with van der Waals surface area (Å²) in [6, 6.07) is 7.19. The van der Waals surface area contributed by atoms with E-state index in [1.807, 2.05) is 29.9 Å². The van der Waals surface area contributed by atoms with Crippen molar-refractivity contribution >= 4 is 17.5 Å². The van der Waals surface area contributed by atoms with Crippen molar-refractivity contribution < 1.29 is 26.5 Å². The third kappa shape index (κ3) is 4.11. The smallest absolute Gasteiger partial charge is 0.173 e. The number of hydrogen-bond acceptors (Lipinski definition) is 4. The van der Waals surface area contributed by atoms with Crippen molar-refractivity contribution in [1.29, 1.82) is 0 Å². The highest BCUT2D eigenvalue weighted by molar-refractivity contribution is 7.99. The molecule has 0 fully saturated rings. The van der Waals surface area contributed by atoms with Gasteiger partial charge < -0.3 is 26.3 Å². The van der Waals surface area contributed by atoms with Gasteiger partial charge in [0, 0.05) is 25.0 Å². The summed E-state index contributed by atoms with van der Waals surface area (Å²) in [5.41, 5.74) is 0.663. The van der Waals surface area contributed by atoms with Crippen LogP contribution in [0.15, 0.2) is 41.8 Å². The van der Waals surface area contributed by atoms with E-state index in [0.717, 1.165) is 5.16 Å². The molecule has 0 atom stereocenters. The van der Waals surface area contributed by atoms with Gasteiger partial charge in [0.2, 0.25) is 0 Å². The summed E-state index contributed by atoms with van der Waals surface area (Å²) in [6.45, 7) is 0. The SMILES string of the molecule is COc1cccc(C(=O)CSc2nccn2C)c1.[Br-]. The Morgan fingerprint density at radius 2 is 2.26 bits per heavy atom. The number of aromatic nitrogens is 2. The summed E-state index contributed by atoms with van der Waals surface area (Å²) in [5.74, 6) is 1.14. The molecule has 0 saturated carbocycles. The van der Waals surface area contributed by atoms with Crippen LogP contribution in [0.25, 0.3) is 0 Å². The molecule has 2 aromatic rings. The second-order valence-electron chi connectivity index (χ2n) is 3.76. The van der Waals surface area contributed by atoms with Crippen molar-refractivity contribution in [2.24, 2.45) is 7.05 Å². The molecule has 4 nitrogen and oxygen atoms in total. The Morgan fingerprint density at radius 1 is 1.47 bits per heavy atom. The van der Waals surface area contributed by atoms with Gasteiger partial charge in [-0.2, -0.15) is 0 Å². The number of halogens is 1. The van der Waals surface area contributed by atoms with E-state index in [2.05, 4.69) is 4.98 Å². The average Bonchev–Trinajstić information content (AvgIpc) is 2.81. The Morgan fingerprint density at radius 3 is 2.89 bits per heavy atom. The third-order valence-electron chi connectivity index (χ3n) is 2.50. The minimum absolute atomic E-state index is 0. The maximum atomic E-state index is 12.0. The lowest BCUT2D eigenvalue weighted by Gasteiger charge is -2.04. The Bertz CT molecular complexity index is 557. The first-order valence-corrected chi connectivity index (χ1v) is 6.46. The highest BCUT2D eigenvalue weighted by Crippen LogP contribution is 2.18. The van der Waals surface area contributed by atoms with Crippen molar-refractivity contribution in [2.75, 3.05) is 12.9 Å². The Kier molecular flexibility index (Phi) is 6.11. The summed E-state index contributed by atoms with van der Waals surface area (Å²) in [4.78, 5) is 16.2. The van der Waals surface area contributed by atoms with Crippen LogP contribution in [-0.2, 0) is 7.05 Å². The monoisotopic (exact) mass is 341 g/mol. The van der Waals surface area contributed by atoms with E-state index in [0.29, 0.717) is 17.1 Å². The van der Waals surface area contributed by atoms with Crippen LogP contribution in [0.1, 0.15) is 10.4 Å². The quantitative estimate of drug-likeness (QED) is 0.538. The van der Waals surface area contributed by atoms with Gasteiger partial charge in [-0.05, 0) is 12.1 Å². The van der Waals surface area contributed by atoms with Crippen LogP contribution in [0.4, 0.5) is 0 Å². The van der Waals surface area contributed by atoms with Crippen molar-refractivity contribution in [3.05, 3.63) is 42.2 Å². The predicted molar refractivity (Wildman–Crippen MR) is 71.3 cm³/mol. The van der Waals surface area contributed by atoms with Crippen LogP contribution in [0.5, 0.6) is 5.75 Å². The number of rotatable bonds is 5. The van der Waals surface area contributed by atoms with Crippen molar-refractivity contribution in [1.82, 2.24) is 9.55 Å². The molecule has 1 heterocycles. The van der Waals surface area contributed by atoms with E-state index in [-0.39, 0.29) is 22.8 Å². The molecule has 0 amide bonds. The van der Waals surface area contributed by atoms with Gasteiger partial charge >= 0.3 is 0 Å². The molecule has 0 saturated heterocycles. The minimum atomic E-state index is 0. The molecule has 0 radical (unpaired) electrons. The summed E-state index contributed by atoms with van der Waals surface area (Å²) in [7, 11) is 3.50. The molecule has 6 heteroatoms. The highest BCUT2D eigenvalue weighted by Gasteiger charge is 2.09. The highest BCUT2D eigenvalue weighted by atomic mass is 79.9. The molecule has 1 aromatic carbocycles. The zero-order valence-electron chi connectivity index (χ0n) is 10.7. The number of hydrogen-bond donors (Lipinski definition) is 0. The normalized spacial score (nSPS) is 9.79. The third-order valence-corrected chi connectivity index (χ3v) is 3.56. The Hall–Kier alpha value is -1.27. The lowest BCUT2D eigenvalue weighted by molar-refractivity contribution is -0.0000118. The minimum Gasteiger partial charge on any atom is -1.00 e. The Balaban J connectivity index is 0.00000180. The zero-order valence-corrected chi connectivity index (χ0v) is 13.1. The molecule has 0 bridgehead atoms. The largest absolute Gasteiger partial charge is 1.00 e. The number of Topliss-reactive ketones (excluding diaryl/α,β-unsaturated/α-hetero) is 1. The summed E-state index contributed by atoms with van der Waals surface area (Å²) < 4.78 is 6.99. The number of carbonyl (C=O) groups is 1. The molecule has 0 aliphatic rings. The molecule has 2 rings (SSSR count). The number of ketones is 1. The van der Waals surface area contributed by atoms with Crippen LogP contribution in [0.3, 0.4) is 0 Å². The molecule has 102 valence electrons. The van der Waals surface area contributed by atoms with E-state index in [9.17, 15) is 4.79 Å². The van der Waals surface area contributed by atoms with E-state index < -0.39 is 0 Å². The number of imidazole rings is 1. The first-order valence-electron chi connectivity index (χ1n) is 5.48. The van der Waals surface area contributed by atoms with Crippen molar-refractivity contribution in [2.45, 2.75) is 5.16 Å². The molecule has 1 aromatic heterocycles. The lowest BCUT2D eigenvalue weighted by atomic mass is 10.1. The second-order valence-corrected chi connectivity index (χ2v) is 4.71. The number of nitrogens with zero attached hydrogens (tertiary/aromatic N) is 2. The van der Waals surface area contributed by atoms with Crippen LogP contribution >= 0.6 is 11.8 Å². The van der Waals surface area contributed by atoms with Gasteiger partial charge in [0.1, 0.15) is 5.75 Å². The maximum Gasteiger partial charge on any atom is 0.173 e. The summed E-state index contributed by atoms with van der Waals surface area (Å²) in [6.07, 6.45) is 3.58. The van der Waals surface area contributed by atoms with Crippen LogP contribution in [0, 0.1) is 0 Å². The number of benzene rings is 1. The molecule has 0 spiro atoms. The molecule has 0 aliphatic heterocycles. The average molecular weight is 342 g/mol. The van der Waals surface area contributed by atoms with E-state index >= 15 is 0 Å². The molecular weight excluding hydrogens is 328 g/mol. The number of carbonyl (C=O) groups excluding carboxylic acids is 1. The fourth-order valence-corrected chi connectivity index (χ4v) is 2.33. The van der Waals surface area contributed by atoms with E-state index in [1.165, 1.54) is 11.8 Å². The Labute approximate surface area is 126 Å². The van der Waals surface area contributed by atoms with Crippen LogP contribution in [-0.4, -0.2) is 28.2 Å². The number of methoxy groups -OCH3 is 1. The fourth-order valence-electron chi connectivity index (χ4n) is 1.50. The molecule has 19 heavy (non-hydrogen) atoms. The predicted octanol–water partition coefficient (Wildman–Crippen LogP) is -0.592. The van der Waals surface area contributed by atoms with Crippen molar-refractivity contribution in [3.8, 4) is 5.75 Å². The zero-order chi connectivity index (χ0) is 13.0. The standard InChI is InChI=1S/C13H14N2O2S.BrH/c1-15-7-6-14-13(15)18-9-12(16)10-4-3-5-11(8-10)17-2;/h3-8H,9H2,1-2H3;1H/p-1. The van der Waals surface area contributed by atoms with Gasteiger partial charge in [0.05, 0.1) is 12.9 Å². The number of thioether (sulfide) groups is 1. The van der Waals surface area contributed by atoms with Gasteiger partial charge in [-0.25, -0.2) is 4.98 Å². The fraction of sp³-hybridized carbons (Fsp3) is 0.231. The van der Waals surface area contributed by atoms with E-state index in [1.54, 1.807) is 25.4 Å². The van der Waals surface area contributed by atoms with Gasteiger partial charge in [-0.1, -0.05) is 23.9 Å². The molecular formula is C13H14BrN2O2S-. The second kappa shape index (κ2) is 7.35. The topological polar surface area (TPSA) is 44.1 Å². The number of ether oxygens (including phenoxy) is 1. The van der Waals surface area contributed by atoms with Gasteiger partial charge in [0.15, 0.2) is 10.9 Å².